The van der Waals surface area contributed by atoms with Crippen LogP contribution in [0.25, 0.3) is 0 Å². The van der Waals surface area contributed by atoms with E-state index in [1.165, 1.54) is 0 Å². The summed E-state index contributed by atoms with van der Waals surface area (Å²) in [4.78, 5) is 4.10. The molecule has 0 spiro atoms. The number of quaternary nitrogens is 1. The highest BCUT2D eigenvalue weighted by Crippen LogP contribution is 2.09. The minimum Gasteiger partial charge on any atom is -1.00 e. The fourth-order valence-electron chi connectivity index (χ4n) is 0.790. The molecule has 0 bridgehead atoms. The molecule has 0 unspecified atom stereocenters. The van der Waals surface area contributed by atoms with Crippen molar-refractivity contribution in [3.8, 4) is 0 Å². The first-order chi connectivity index (χ1) is 4.17. The van der Waals surface area contributed by atoms with Gasteiger partial charge in [-0.1, -0.05) is 6.58 Å². The van der Waals surface area contributed by atoms with Crippen LogP contribution in [0.3, 0.4) is 0 Å². The van der Waals surface area contributed by atoms with Crippen LogP contribution in [0.1, 0.15) is 0 Å². The molecule has 0 aromatic heterocycles. The molecular formula is C7H11FN2. The van der Waals surface area contributed by atoms with Crippen LogP contribution in [0.5, 0.6) is 0 Å². The number of aliphatic imine (C=N–C) groups is 1. The van der Waals surface area contributed by atoms with Gasteiger partial charge in [0, 0.05) is 6.08 Å². The zero-order chi connectivity index (χ0) is 6.91. The molecule has 0 aromatic rings. The van der Waals surface area contributed by atoms with Gasteiger partial charge in [-0.3, -0.25) is 4.48 Å². The maximum Gasteiger partial charge on any atom is 0.231 e. The second-order valence-corrected chi connectivity index (χ2v) is 2.53. The molecule has 0 atom stereocenters. The molecular weight excluding hydrogens is 131 g/mol. The summed E-state index contributed by atoms with van der Waals surface area (Å²) >= 11 is 0. The van der Waals surface area contributed by atoms with E-state index in [-0.39, 0.29) is 4.70 Å². The van der Waals surface area contributed by atoms with E-state index in [4.69, 9.17) is 0 Å². The fraction of sp³-hybridized carbons (Fsp3) is 0.286. The Labute approximate surface area is 60.1 Å². The molecule has 10 heavy (non-hydrogen) atoms. The summed E-state index contributed by atoms with van der Waals surface area (Å²) in [6, 6.07) is 0. The van der Waals surface area contributed by atoms with Crippen LogP contribution >= 0.6 is 0 Å². The van der Waals surface area contributed by atoms with Crippen LogP contribution in [0.15, 0.2) is 30.0 Å². The summed E-state index contributed by atoms with van der Waals surface area (Å²) in [5, 5.41) is 0. The predicted molar refractivity (Wildman–Crippen MR) is 38.9 cm³/mol. The van der Waals surface area contributed by atoms with Gasteiger partial charge in [0.15, 0.2) is 0 Å². The lowest BCUT2D eigenvalue weighted by atomic mass is 10.4. The molecule has 2 nitrogen and oxygen atoms in total. The number of hydrogen-bond acceptors (Lipinski definition) is 1. The van der Waals surface area contributed by atoms with Crippen molar-refractivity contribution in [2.24, 2.45) is 4.99 Å². The minimum absolute atomic E-state index is 0. The topological polar surface area (TPSA) is 12.4 Å². The number of amidine groups is 1. The summed E-state index contributed by atoms with van der Waals surface area (Å²) < 4.78 is 0.712. The standard InChI is InChI=1S/C7H11N2.FH/c1-4-7-8-5-6-9(7,2)3;/h4-6H,1H2,2-3H3;1H/q+1;/p-1. The second-order valence-electron chi connectivity index (χ2n) is 2.53. The van der Waals surface area contributed by atoms with Gasteiger partial charge < -0.3 is 4.70 Å². The molecule has 1 aliphatic rings. The molecule has 1 rings (SSSR count). The van der Waals surface area contributed by atoms with E-state index < -0.39 is 0 Å². The lowest BCUT2D eigenvalue weighted by Gasteiger charge is -2.18. The first-order valence-electron chi connectivity index (χ1n) is 2.89. The van der Waals surface area contributed by atoms with Crippen LogP contribution < -0.4 is 4.70 Å². The van der Waals surface area contributed by atoms with Crippen molar-refractivity contribution in [1.82, 2.24) is 0 Å². The molecule has 1 aliphatic heterocycles. The van der Waals surface area contributed by atoms with Gasteiger partial charge in [0.25, 0.3) is 0 Å². The summed E-state index contributed by atoms with van der Waals surface area (Å²) in [6.07, 6.45) is 5.59. The fourth-order valence-corrected chi connectivity index (χ4v) is 0.790. The number of nitrogens with zero attached hydrogens (tertiary/aromatic N) is 2. The largest absolute Gasteiger partial charge is 1.00 e. The summed E-state index contributed by atoms with van der Waals surface area (Å²) in [5.74, 6) is 0.995. The zero-order valence-electron chi connectivity index (χ0n) is 6.21. The third-order valence-electron chi connectivity index (χ3n) is 1.42. The van der Waals surface area contributed by atoms with E-state index in [0.717, 1.165) is 5.84 Å². The first kappa shape index (κ1) is 9.04. The maximum atomic E-state index is 4.10. The van der Waals surface area contributed by atoms with Crippen molar-refractivity contribution < 1.29 is 9.19 Å². The van der Waals surface area contributed by atoms with Crippen molar-refractivity contribution in [2.75, 3.05) is 14.1 Å². The monoisotopic (exact) mass is 142 g/mol. The highest BCUT2D eigenvalue weighted by Gasteiger charge is 2.21. The Bertz CT molecular complexity index is 192. The van der Waals surface area contributed by atoms with E-state index in [2.05, 4.69) is 25.7 Å². The van der Waals surface area contributed by atoms with Crippen molar-refractivity contribution >= 4 is 5.84 Å². The number of halogens is 1. The van der Waals surface area contributed by atoms with Gasteiger partial charge in [-0.05, 0) is 0 Å². The average molecular weight is 142 g/mol. The van der Waals surface area contributed by atoms with Gasteiger partial charge in [0.1, 0.15) is 6.20 Å². The quantitative estimate of drug-likeness (QED) is 0.381. The highest BCUT2D eigenvalue weighted by atomic mass is 19.0. The van der Waals surface area contributed by atoms with E-state index in [1.807, 2.05) is 6.20 Å². The Morgan fingerprint density at radius 2 is 2.20 bits per heavy atom. The van der Waals surface area contributed by atoms with Crippen molar-refractivity contribution in [3.05, 3.63) is 25.1 Å². The van der Waals surface area contributed by atoms with Crippen molar-refractivity contribution in [2.45, 2.75) is 0 Å². The summed E-state index contributed by atoms with van der Waals surface area (Å²) in [5.41, 5.74) is 0. The normalized spacial score (nSPS) is 19.6. The molecule has 1 heterocycles. The molecule has 0 N–H and O–H groups in total. The van der Waals surface area contributed by atoms with Gasteiger partial charge in [-0.25, -0.2) is 0 Å². The molecule has 56 valence electrons. The molecule has 0 aromatic carbocycles. The van der Waals surface area contributed by atoms with Crippen LogP contribution in [0.4, 0.5) is 0 Å². The van der Waals surface area contributed by atoms with Crippen LogP contribution in [-0.4, -0.2) is 24.4 Å². The molecule has 0 aliphatic carbocycles. The van der Waals surface area contributed by atoms with Crippen molar-refractivity contribution in [1.29, 1.82) is 0 Å². The van der Waals surface area contributed by atoms with E-state index in [0.29, 0.717) is 4.48 Å². The Morgan fingerprint density at radius 1 is 1.60 bits per heavy atom. The maximum absolute atomic E-state index is 4.10. The summed E-state index contributed by atoms with van der Waals surface area (Å²) in [6.45, 7) is 3.65. The lowest BCUT2D eigenvalue weighted by molar-refractivity contribution is -0.738. The molecule has 0 radical (unpaired) electrons. The van der Waals surface area contributed by atoms with E-state index >= 15 is 0 Å². The van der Waals surface area contributed by atoms with E-state index in [1.54, 1.807) is 12.3 Å². The van der Waals surface area contributed by atoms with Gasteiger partial charge in [-0.15, -0.1) is 0 Å². The van der Waals surface area contributed by atoms with Crippen LogP contribution in [0.2, 0.25) is 0 Å². The van der Waals surface area contributed by atoms with E-state index in [9.17, 15) is 0 Å². The smallest absolute Gasteiger partial charge is 0.231 e. The Balaban J connectivity index is 0.000000810. The third kappa shape index (κ3) is 1.30. The highest BCUT2D eigenvalue weighted by molar-refractivity contribution is 5.88. The zero-order valence-corrected chi connectivity index (χ0v) is 6.21. The van der Waals surface area contributed by atoms with Crippen LogP contribution in [-0.2, 0) is 0 Å². The molecule has 3 heteroatoms. The molecule has 0 fully saturated rings. The summed E-state index contributed by atoms with van der Waals surface area (Å²) in [7, 11) is 4.12. The average Bonchev–Trinajstić information content (AvgIpc) is 2.08. The van der Waals surface area contributed by atoms with Crippen molar-refractivity contribution in [3.63, 3.8) is 0 Å². The molecule has 0 amide bonds. The van der Waals surface area contributed by atoms with Gasteiger partial charge in [-0.2, -0.15) is 4.99 Å². The Kier molecular flexibility index (Phi) is 2.48. The predicted octanol–water partition coefficient (Wildman–Crippen LogP) is -1.86. The Morgan fingerprint density at radius 3 is 2.40 bits per heavy atom. The van der Waals surface area contributed by atoms with Gasteiger partial charge >= 0.3 is 0 Å². The number of rotatable bonds is 1. The Hall–Kier alpha value is -0.960. The minimum atomic E-state index is 0. The SMILES string of the molecule is C=CC1=NC=C[N+]1(C)C.[F-]. The second kappa shape index (κ2) is 2.75. The lowest BCUT2D eigenvalue weighted by Crippen LogP contribution is -3.00. The van der Waals surface area contributed by atoms with Crippen LogP contribution in [0, 0.1) is 0 Å². The molecule has 0 saturated carbocycles. The van der Waals surface area contributed by atoms with Gasteiger partial charge in [0.05, 0.1) is 20.3 Å². The van der Waals surface area contributed by atoms with Gasteiger partial charge in [0.2, 0.25) is 5.84 Å². The first-order valence-corrected chi connectivity index (χ1v) is 2.89. The molecule has 0 saturated heterocycles. The number of likely N-dealkylation sites (N-methyl/N-ethyl adjacent to an activating group) is 1. The third-order valence-corrected chi connectivity index (χ3v) is 1.42. The number of hydrogen-bond donors (Lipinski definition) is 0.